The van der Waals surface area contributed by atoms with Crippen molar-refractivity contribution in [3.63, 3.8) is 0 Å². The maximum Gasteiger partial charge on any atom is 0.413 e. The van der Waals surface area contributed by atoms with Crippen LogP contribution in [0.3, 0.4) is 0 Å². The number of aliphatic imine (C=N–C) groups is 1. The molecule has 5 nitrogen and oxygen atoms in total. The first kappa shape index (κ1) is 19.0. The third-order valence-electron chi connectivity index (χ3n) is 4.82. The van der Waals surface area contributed by atoms with Gasteiger partial charge in [-0.25, -0.2) is 9.18 Å². The van der Waals surface area contributed by atoms with Crippen molar-refractivity contribution in [3.8, 4) is 0 Å². The lowest BCUT2D eigenvalue weighted by Crippen LogP contribution is -2.45. The molecule has 0 unspecified atom stereocenters. The second kappa shape index (κ2) is 7.10. The standard InChI is InChI=1S/C19H26FN3O2S/c1-18(2,3)25-17(24)22-16-23-19(9-5-4-6-12(19)11-26-16)14-10-13(21)7-8-15(14)20/h7-8,10,12H,4-6,9,11,21H2,1-3H3,(H,22,23,24)/t12-,19-/m0/s1. The van der Waals surface area contributed by atoms with Crippen LogP contribution in [0.4, 0.5) is 14.9 Å². The van der Waals surface area contributed by atoms with E-state index in [1.165, 1.54) is 17.8 Å². The predicted octanol–water partition coefficient (Wildman–Crippen LogP) is 4.42. The molecule has 0 aromatic heterocycles. The molecule has 0 bridgehead atoms. The predicted molar refractivity (Wildman–Crippen MR) is 104 cm³/mol. The van der Waals surface area contributed by atoms with Crippen molar-refractivity contribution < 1.29 is 13.9 Å². The summed E-state index contributed by atoms with van der Waals surface area (Å²) < 4.78 is 20.0. The summed E-state index contributed by atoms with van der Waals surface area (Å²) in [4.78, 5) is 17.0. The van der Waals surface area contributed by atoms with Crippen LogP contribution in [-0.4, -0.2) is 22.6 Å². The number of nitrogen functional groups attached to an aromatic ring is 1. The van der Waals surface area contributed by atoms with E-state index in [1.807, 2.05) is 20.8 Å². The molecule has 1 aliphatic carbocycles. The molecule has 142 valence electrons. The zero-order valence-electron chi connectivity index (χ0n) is 15.5. The highest BCUT2D eigenvalue weighted by Gasteiger charge is 2.46. The van der Waals surface area contributed by atoms with Crippen molar-refractivity contribution in [1.29, 1.82) is 0 Å². The van der Waals surface area contributed by atoms with Crippen LogP contribution in [0.25, 0.3) is 0 Å². The first-order chi connectivity index (χ1) is 12.2. The molecule has 1 amide bonds. The first-order valence-corrected chi connectivity index (χ1v) is 9.96. The Hall–Kier alpha value is -1.76. The van der Waals surface area contributed by atoms with Crippen molar-refractivity contribution >= 4 is 28.7 Å². The van der Waals surface area contributed by atoms with Gasteiger partial charge in [0.2, 0.25) is 0 Å². The van der Waals surface area contributed by atoms with Crippen molar-refractivity contribution in [2.24, 2.45) is 10.9 Å². The summed E-state index contributed by atoms with van der Waals surface area (Å²) in [7, 11) is 0. The molecule has 0 saturated heterocycles. The minimum atomic E-state index is -0.673. The average Bonchev–Trinajstić information content (AvgIpc) is 2.55. The van der Waals surface area contributed by atoms with E-state index in [4.69, 9.17) is 15.5 Å². The molecule has 1 fully saturated rings. The van der Waals surface area contributed by atoms with E-state index in [-0.39, 0.29) is 11.7 Å². The Morgan fingerprint density at radius 1 is 1.42 bits per heavy atom. The molecule has 3 N–H and O–H groups in total. The van der Waals surface area contributed by atoms with Crippen molar-refractivity contribution in [3.05, 3.63) is 29.6 Å². The fourth-order valence-corrected chi connectivity index (χ4v) is 4.92. The number of ether oxygens (including phenoxy) is 1. The molecular weight excluding hydrogens is 353 g/mol. The van der Waals surface area contributed by atoms with Gasteiger partial charge in [0.25, 0.3) is 0 Å². The molecule has 1 aromatic carbocycles. The summed E-state index contributed by atoms with van der Waals surface area (Å²) in [6.07, 6.45) is 3.28. The molecular formula is C19H26FN3O2S. The lowest BCUT2D eigenvalue weighted by Gasteiger charge is -2.44. The number of hydrogen-bond donors (Lipinski definition) is 2. The Morgan fingerprint density at radius 3 is 2.92 bits per heavy atom. The summed E-state index contributed by atoms with van der Waals surface area (Å²) in [5.41, 5.74) is 5.72. The van der Waals surface area contributed by atoms with E-state index in [9.17, 15) is 9.18 Å². The molecule has 3 rings (SSSR count). The normalized spacial score (nSPS) is 25.8. The second-order valence-electron chi connectivity index (χ2n) is 7.96. The minimum absolute atomic E-state index is 0.224. The van der Waals surface area contributed by atoms with Crippen LogP contribution in [-0.2, 0) is 10.3 Å². The largest absolute Gasteiger partial charge is 0.444 e. The van der Waals surface area contributed by atoms with Crippen LogP contribution < -0.4 is 11.1 Å². The van der Waals surface area contributed by atoms with Crippen LogP contribution in [0.5, 0.6) is 0 Å². The van der Waals surface area contributed by atoms with Crippen LogP contribution in [0.1, 0.15) is 52.0 Å². The van der Waals surface area contributed by atoms with E-state index in [0.29, 0.717) is 16.4 Å². The minimum Gasteiger partial charge on any atom is -0.444 e. The highest BCUT2D eigenvalue weighted by molar-refractivity contribution is 8.13. The summed E-state index contributed by atoms with van der Waals surface area (Å²) in [6.45, 7) is 5.43. The summed E-state index contributed by atoms with van der Waals surface area (Å²) in [6, 6.07) is 4.66. The molecule has 1 heterocycles. The molecule has 1 aromatic rings. The number of nitrogens with two attached hydrogens (primary N) is 1. The number of hydrogen-bond acceptors (Lipinski definition) is 5. The molecule has 1 aliphatic heterocycles. The number of alkyl carbamates (subject to hydrolysis) is 1. The number of carbonyl (C=O) groups excluding carboxylic acids is 1. The smallest absolute Gasteiger partial charge is 0.413 e. The molecule has 0 radical (unpaired) electrons. The van der Waals surface area contributed by atoms with Gasteiger partial charge in [-0.05, 0) is 57.7 Å². The number of amidine groups is 1. The van der Waals surface area contributed by atoms with Gasteiger partial charge < -0.3 is 10.5 Å². The van der Waals surface area contributed by atoms with E-state index < -0.39 is 17.2 Å². The lowest BCUT2D eigenvalue weighted by molar-refractivity contribution is 0.0563. The third-order valence-corrected chi connectivity index (χ3v) is 5.86. The van der Waals surface area contributed by atoms with Crippen LogP contribution >= 0.6 is 11.8 Å². The van der Waals surface area contributed by atoms with E-state index in [0.717, 1.165) is 31.4 Å². The Labute approximate surface area is 158 Å². The van der Waals surface area contributed by atoms with Gasteiger partial charge in [-0.3, -0.25) is 10.3 Å². The van der Waals surface area contributed by atoms with Gasteiger partial charge in [-0.2, -0.15) is 0 Å². The second-order valence-corrected chi connectivity index (χ2v) is 8.97. The molecule has 7 heteroatoms. The van der Waals surface area contributed by atoms with Crippen molar-refractivity contribution in [2.75, 3.05) is 11.5 Å². The fourth-order valence-electron chi connectivity index (χ4n) is 3.73. The first-order valence-electron chi connectivity index (χ1n) is 8.98. The lowest BCUT2D eigenvalue weighted by atomic mass is 9.69. The summed E-state index contributed by atoms with van der Waals surface area (Å²) in [5.74, 6) is 0.711. The zero-order valence-corrected chi connectivity index (χ0v) is 16.3. The monoisotopic (exact) mass is 379 g/mol. The zero-order chi connectivity index (χ0) is 18.9. The molecule has 26 heavy (non-hydrogen) atoms. The fraction of sp³-hybridized carbons (Fsp3) is 0.579. The van der Waals surface area contributed by atoms with Gasteiger partial charge in [0.05, 0.1) is 5.54 Å². The number of amides is 1. The summed E-state index contributed by atoms with van der Waals surface area (Å²) >= 11 is 1.49. The Morgan fingerprint density at radius 2 is 2.19 bits per heavy atom. The number of anilines is 1. The van der Waals surface area contributed by atoms with E-state index in [2.05, 4.69) is 5.32 Å². The number of benzene rings is 1. The average molecular weight is 380 g/mol. The van der Waals surface area contributed by atoms with Crippen molar-refractivity contribution in [1.82, 2.24) is 5.32 Å². The molecule has 0 spiro atoms. The number of nitrogens with one attached hydrogen (secondary N) is 1. The van der Waals surface area contributed by atoms with Crippen LogP contribution in [0.2, 0.25) is 0 Å². The van der Waals surface area contributed by atoms with E-state index in [1.54, 1.807) is 12.1 Å². The number of thioether (sulfide) groups is 1. The van der Waals surface area contributed by atoms with Gasteiger partial charge in [0, 0.05) is 17.0 Å². The number of carbonyl (C=O) groups is 1. The van der Waals surface area contributed by atoms with Gasteiger partial charge in [0.1, 0.15) is 11.4 Å². The highest BCUT2D eigenvalue weighted by atomic mass is 32.2. The number of halogens is 1. The Kier molecular flexibility index (Phi) is 5.19. The van der Waals surface area contributed by atoms with Crippen LogP contribution in [0.15, 0.2) is 23.2 Å². The number of nitrogens with zero attached hydrogens (tertiary/aromatic N) is 1. The van der Waals surface area contributed by atoms with Gasteiger partial charge >= 0.3 is 6.09 Å². The molecule has 1 saturated carbocycles. The van der Waals surface area contributed by atoms with Gasteiger partial charge in [-0.1, -0.05) is 24.6 Å². The summed E-state index contributed by atoms with van der Waals surface area (Å²) in [5, 5.41) is 3.22. The molecule has 2 atom stereocenters. The maximum absolute atomic E-state index is 14.7. The quantitative estimate of drug-likeness (QED) is 0.708. The van der Waals surface area contributed by atoms with E-state index >= 15 is 0 Å². The SMILES string of the molecule is CC(C)(C)OC(=O)NC1=N[C@@]2(c3cc(N)ccc3F)CCCC[C@H]2CS1. The van der Waals surface area contributed by atoms with Gasteiger partial charge in [0.15, 0.2) is 5.17 Å². The Bertz CT molecular complexity index is 732. The molecule has 2 aliphatic rings. The maximum atomic E-state index is 14.7. The number of fused-ring (bicyclic) bond motifs is 1. The highest BCUT2D eigenvalue weighted by Crippen LogP contribution is 2.50. The number of rotatable bonds is 1. The topological polar surface area (TPSA) is 76.7 Å². The van der Waals surface area contributed by atoms with Crippen LogP contribution in [0, 0.1) is 11.7 Å². The Balaban J connectivity index is 1.95. The van der Waals surface area contributed by atoms with Crippen molar-refractivity contribution in [2.45, 2.75) is 57.6 Å². The third kappa shape index (κ3) is 3.98. The van der Waals surface area contributed by atoms with Gasteiger partial charge in [-0.15, -0.1) is 0 Å².